The van der Waals surface area contributed by atoms with E-state index in [1.807, 2.05) is 54.6 Å². The number of amides is 1. The van der Waals surface area contributed by atoms with Crippen LogP contribution in [0.2, 0.25) is 0 Å². The van der Waals surface area contributed by atoms with Gasteiger partial charge in [-0.15, -0.1) is 0 Å². The minimum absolute atomic E-state index is 0.129. The molecule has 0 bridgehead atoms. The van der Waals surface area contributed by atoms with Crippen molar-refractivity contribution in [3.8, 4) is 5.69 Å². The monoisotopic (exact) mass is 405 g/mol. The maximum Gasteiger partial charge on any atom is 0.262 e. The highest BCUT2D eigenvalue weighted by Gasteiger charge is 2.13. The normalized spacial score (nSPS) is 10.9. The minimum atomic E-state index is -0.282. The third-order valence-electron chi connectivity index (χ3n) is 4.38. The quantitative estimate of drug-likeness (QED) is 0.379. The van der Waals surface area contributed by atoms with Gasteiger partial charge in [-0.2, -0.15) is 5.10 Å². The van der Waals surface area contributed by atoms with Gasteiger partial charge in [0.15, 0.2) is 10.8 Å². The van der Waals surface area contributed by atoms with E-state index in [0.717, 1.165) is 23.4 Å². The van der Waals surface area contributed by atoms with Crippen molar-refractivity contribution in [1.82, 2.24) is 19.7 Å². The van der Waals surface area contributed by atoms with Gasteiger partial charge in [0.05, 0.1) is 17.6 Å². The zero-order valence-electron chi connectivity index (χ0n) is 15.8. The molecule has 0 aliphatic carbocycles. The molecule has 4 aromatic rings. The summed E-state index contributed by atoms with van der Waals surface area (Å²) in [5.74, 6) is -0.0351. The standard InChI is InChI=1S/C21H19N5O2S/c1-2-14-7-6-8-15(11-14)23-18(27)13-29-21-24-19-17(20(28)25-21)12-22-26(19)16-9-4-3-5-10-16/h3-12H,2,13H2,1H3,(H,23,27)(H,24,25,28). The van der Waals surface area contributed by atoms with E-state index in [1.165, 1.54) is 18.0 Å². The first kappa shape index (κ1) is 18.9. The lowest BCUT2D eigenvalue weighted by atomic mass is 10.1. The highest BCUT2D eigenvalue weighted by molar-refractivity contribution is 7.99. The van der Waals surface area contributed by atoms with Gasteiger partial charge in [-0.1, -0.05) is 49.0 Å². The molecule has 1 amide bonds. The second-order valence-corrected chi connectivity index (χ2v) is 7.36. The van der Waals surface area contributed by atoms with Gasteiger partial charge in [0, 0.05) is 5.69 Å². The molecule has 0 unspecified atom stereocenters. The smallest absolute Gasteiger partial charge is 0.262 e. The number of hydrogen-bond acceptors (Lipinski definition) is 5. The number of fused-ring (bicyclic) bond motifs is 1. The van der Waals surface area contributed by atoms with Gasteiger partial charge < -0.3 is 10.3 Å². The highest BCUT2D eigenvalue weighted by atomic mass is 32.2. The molecule has 0 aliphatic heterocycles. The molecule has 2 aromatic carbocycles. The summed E-state index contributed by atoms with van der Waals surface area (Å²) in [6.07, 6.45) is 2.40. The Kier molecular flexibility index (Phi) is 5.44. The molecule has 8 heteroatoms. The lowest BCUT2D eigenvalue weighted by Crippen LogP contribution is -2.15. The average molecular weight is 405 g/mol. The van der Waals surface area contributed by atoms with E-state index < -0.39 is 0 Å². The van der Waals surface area contributed by atoms with Crippen LogP contribution in [-0.2, 0) is 11.2 Å². The number of aromatic amines is 1. The second-order valence-electron chi connectivity index (χ2n) is 6.39. The molecule has 0 saturated carbocycles. The van der Waals surface area contributed by atoms with Crippen LogP contribution in [0.15, 0.2) is 70.7 Å². The summed E-state index contributed by atoms with van der Waals surface area (Å²) in [7, 11) is 0. The number of H-pyrrole nitrogens is 1. The lowest BCUT2D eigenvalue weighted by molar-refractivity contribution is -0.113. The highest BCUT2D eigenvalue weighted by Crippen LogP contribution is 2.18. The van der Waals surface area contributed by atoms with Gasteiger partial charge in [-0.25, -0.2) is 9.67 Å². The molecule has 2 aromatic heterocycles. The van der Waals surface area contributed by atoms with Crippen molar-refractivity contribution in [3.05, 3.63) is 76.7 Å². The number of anilines is 1. The Bertz CT molecular complexity index is 1220. The van der Waals surface area contributed by atoms with Gasteiger partial charge in [0.2, 0.25) is 5.91 Å². The Morgan fingerprint density at radius 2 is 2.00 bits per heavy atom. The zero-order chi connectivity index (χ0) is 20.2. The molecule has 0 atom stereocenters. The number of benzene rings is 2. The average Bonchev–Trinajstić information content (AvgIpc) is 3.18. The van der Waals surface area contributed by atoms with Crippen LogP contribution in [0.1, 0.15) is 12.5 Å². The lowest BCUT2D eigenvalue weighted by Gasteiger charge is -2.07. The van der Waals surface area contributed by atoms with Gasteiger partial charge in [0.1, 0.15) is 5.39 Å². The van der Waals surface area contributed by atoms with E-state index in [9.17, 15) is 9.59 Å². The summed E-state index contributed by atoms with van der Waals surface area (Å²) < 4.78 is 1.62. The molecule has 0 aliphatic rings. The molecule has 2 N–H and O–H groups in total. The number of carbonyl (C=O) groups excluding carboxylic acids is 1. The van der Waals surface area contributed by atoms with Crippen molar-refractivity contribution in [1.29, 1.82) is 0 Å². The fourth-order valence-corrected chi connectivity index (χ4v) is 3.58. The van der Waals surface area contributed by atoms with Crippen molar-refractivity contribution >= 4 is 34.4 Å². The van der Waals surface area contributed by atoms with Crippen molar-refractivity contribution < 1.29 is 4.79 Å². The minimum Gasteiger partial charge on any atom is -0.325 e. The van der Waals surface area contributed by atoms with E-state index in [0.29, 0.717) is 16.2 Å². The number of aromatic nitrogens is 4. The summed E-state index contributed by atoms with van der Waals surface area (Å²) in [5.41, 5.74) is 2.90. The van der Waals surface area contributed by atoms with Crippen LogP contribution in [-0.4, -0.2) is 31.4 Å². The summed E-state index contributed by atoms with van der Waals surface area (Å²) in [6, 6.07) is 17.2. The number of aryl methyl sites for hydroxylation is 1. The molecular weight excluding hydrogens is 386 g/mol. The molecule has 4 rings (SSSR count). The summed E-state index contributed by atoms with van der Waals surface area (Å²) in [5, 5.41) is 7.93. The first-order valence-electron chi connectivity index (χ1n) is 9.19. The number of carbonyl (C=O) groups is 1. The third-order valence-corrected chi connectivity index (χ3v) is 5.25. The van der Waals surface area contributed by atoms with Crippen LogP contribution in [0.25, 0.3) is 16.7 Å². The van der Waals surface area contributed by atoms with Crippen LogP contribution in [0, 0.1) is 0 Å². The predicted octanol–water partition coefficient (Wildman–Crippen LogP) is 3.40. The number of para-hydroxylation sites is 1. The summed E-state index contributed by atoms with van der Waals surface area (Å²) >= 11 is 1.17. The van der Waals surface area contributed by atoms with Gasteiger partial charge in [0.25, 0.3) is 5.56 Å². The van der Waals surface area contributed by atoms with Crippen molar-refractivity contribution in [3.63, 3.8) is 0 Å². The Morgan fingerprint density at radius 3 is 2.79 bits per heavy atom. The molecule has 0 radical (unpaired) electrons. The van der Waals surface area contributed by atoms with Crippen LogP contribution in [0.4, 0.5) is 5.69 Å². The fraction of sp³-hybridized carbons (Fsp3) is 0.143. The SMILES string of the molecule is CCc1cccc(NC(=O)CSc2nc3c(cnn3-c3ccccc3)c(=O)[nH]2)c1. The Labute approximate surface area is 171 Å². The number of hydrogen-bond donors (Lipinski definition) is 2. The molecule has 29 heavy (non-hydrogen) atoms. The maximum atomic E-state index is 12.4. The molecule has 0 saturated heterocycles. The van der Waals surface area contributed by atoms with E-state index in [4.69, 9.17) is 0 Å². The Hall–Kier alpha value is -3.39. The molecule has 0 spiro atoms. The molecular formula is C21H19N5O2S. The van der Waals surface area contributed by atoms with Crippen molar-refractivity contribution in [2.45, 2.75) is 18.5 Å². The first-order valence-corrected chi connectivity index (χ1v) is 10.2. The Morgan fingerprint density at radius 1 is 1.17 bits per heavy atom. The van der Waals surface area contributed by atoms with Crippen LogP contribution >= 0.6 is 11.8 Å². The number of rotatable bonds is 6. The Balaban J connectivity index is 1.52. The number of thioether (sulfide) groups is 1. The maximum absolute atomic E-state index is 12.4. The van der Waals surface area contributed by atoms with E-state index >= 15 is 0 Å². The molecule has 146 valence electrons. The largest absolute Gasteiger partial charge is 0.325 e. The second kappa shape index (κ2) is 8.32. The molecule has 7 nitrogen and oxygen atoms in total. The molecule has 2 heterocycles. The number of nitrogens with one attached hydrogen (secondary N) is 2. The van der Waals surface area contributed by atoms with Crippen LogP contribution < -0.4 is 10.9 Å². The summed E-state index contributed by atoms with van der Waals surface area (Å²) in [6.45, 7) is 2.06. The predicted molar refractivity (Wildman–Crippen MR) is 115 cm³/mol. The van der Waals surface area contributed by atoms with Gasteiger partial charge in [-0.3, -0.25) is 9.59 Å². The third kappa shape index (κ3) is 4.22. The van der Waals surface area contributed by atoms with Gasteiger partial charge >= 0.3 is 0 Å². The van der Waals surface area contributed by atoms with Crippen molar-refractivity contribution in [2.75, 3.05) is 11.1 Å². The van der Waals surface area contributed by atoms with E-state index in [-0.39, 0.29) is 17.2 Å². The summed E-state index contributed by atoms with van der Waals surface area (Å²) in [4.78, 5) is 31.9. The topological polar surface area (TPSA) is 92.7 Å². The number of nitrogens with zero attached hydrogens (tertiary/aromatic N) is 3. The van der Waals surface area contributed by atoms with Gasteiger partial charge in [-0.05, 0) is 36.2 Å². The molecule has 0 fully saturated rings. The van der Waals surface area contributed by atoms with Crippen LogP contribution in [0.5, 0.6) is 0 Å². The van der Waals surface area contributed by atoms with Crippen molar-refractivity contribution in [2.24, 2.45) is 0 Å². The van der Waals surface area contributed by atoms with E-state index in [2.05, 4.69) is 27.3 Å². The first-order chi connectivity index (χ1) is 14.1. The fourth-order valence-electron chi connectivity index (χ4n) is 2.92. The van der Waals surface area contributed by atoms with Crippen LogP contribution in [0.3, 0.4) is 0 Å². The zero-order valence-corrected chi connectivity index (χ0v) is 16.6. The van der Waals surface area contributed by atoms with E-state index in [1.54, 1.807) is 4.68 Å².